The average molecular weight is 412 g/mol. The molecule has 5 nitrogen and oxygen atoms in total. The summed E-state index contributed by atoms with van der Waals surface area (Å²) >= 11 is 0. The summed E-state index contributed by atoms with van der Waals surface area (Å²) < 4.78 is 18.7. The molecular formula is C24H30FN3O2. The Labute approximate surface area is 177 Å². The molecule has 1 saturated heterocycles. The Bertz CT molecular complexity index is 809. The lowest BCUT2D eigenvalue weighted by Gasteiger charge is -2.29. The molecule has 0 radical (unpaired) electrons. The van der Waals surface area contributed by atoms with E-state index in [9.17, 15) is 9.18 Å². The summed E-state index contributed by atoms with van der Waals surface area (Å²) in [5.74, 6) is 0.527. The van der Waals surface area contributed by atoms with E-state index in [4.69, 9.17) is 4.74 Å². The van der Waals surface area contributed by atoms with E-state index in [1.165, 1.54) is 37.8 Å². The average Bonchev–Trinajstić information content (AvgIpc) is 3.22. The van der Waals surface area contributed by atoms with E-state index in [1.54, 1.807) is 12.1 Å². The standard InChI is InChI=1S/C24H30FN3O2/c25-20-8-10-23(11-9-20)30-18-24(29)28-14-13-27(22-6-1-2-7-22)16-19(17-28)15-21-5-3-4-12-26-21/h3-5,8-12,19,22H,1-2,6-7,13-18H2/t19-/m0/s1. The monoisotopic (exact) mass is 411 g/mol. The predicted octanol–water partition coefficient (Wildman–Crippen LogP) is 3.55. The van der Waals surface area contributed by atoms with E-state index in [2.05, 4.69) is 16.0 Å². The van der Waals surface area contributed by atoms with E-state index in [0.717, 1.165) is 31.7 Å². The largest absolute Gasteiger partial charge is 0.484 e. The van der Waals surface area contributed by atoms with Gasteiger partial charge in [0.1, 0.15) is 11.6 Å². The quantitative estimate of drug-likeness (QED) is 0.729. The number of amides is 1. The van der Waals surface area contributed by atoms with Crippen LogP contribution in [-0.4, -0.2) is 59.5 Å². The van der Waals surface area contributed by atoms with Gasteiger partial charge in [-0.1, -0.05) is 18.9 Å². The highest BCUT2D eigenvalue weighted by molar-refractivity contribution is 5.77. The van der Waals surface area contributed by atoms with Gasteiger partial charge in [-0.25, -0.2) is 4.39 Å². The van der Waals surface area contributed by atoms with Crippen LogP contribution in [0.3, 0.4) is 0 Å². The van der Waals surface area contributed by atoms with Crippen molar-refractivity contribution >= 4 is 5.91 Å². The third kappa shape index (κ3) is 5.57. The van der Waals surface area contributed by atoms with Gasteiger partial charge in [-0.2, -0.15) is 0 Å². The van der Waals surface area contributed by atoms with Crippen molar-refractivity contribution in [1.82, 2.24) is 14.8 Å². The van der Waals surface area contributed by atoms with Crippen LogP contribution in [-0.2, 0) is 11.2 Å². The van der Waals surface area contributed by atoms with Gasteiger partial charge in [-0.3, -0.25) is 14.7 Å². The number of hydrogen-bond donors (Lipinski definition) is 0. The second kappa shape index (κ2) is 10.0. The fraction of sp³-hybridized carbons (Fsp3) is 0.500. The summed E-state index contributed by atoms with van der Waals surface area (Å²) in [6.45, 7) is 3.33. The van der Waals surface area contributed by atoms with Gasteiger partial charge in [0.2, 0.25) is 0 Å². The number of pyridine rings is 1. The Morgan fingerprint density at radius 3 is 2.60 bits per heavy atom. The molecule has 2 aliphatic rings. The van der Waals surface area contributed by atoms with Crippen LogP contribution in [0.25, 0.3) is 0 Å². The summed E-state index contributed by atoms with van der Waals surface area (Å²) in [5, 5.41) is 0. The minimum absolute atomic E-state index is 0.0152. The maximum Gasteiger partial charge on any atom is 0.260 e. The van der Waals surface area contributed by atoms with Gasteiger partial charge in [-0.15, -0.1) is 0 Å². The predicted molar refractivity (Wildman–Crippen MR) is 114 cm³/mol. The van der Waals surface area contributed by atoms with Crippen molar-refractivity contribution in [2.45, 2.75) is 38.1 Å². The first-order chi connectivity index (χ1) is 14.7. The van der Waals surface area contributed by atoms with Crippen LogP contribution >= 0.6 is 0 Å². The summed E-state index contributed by atoms with van der Waals surface area (Å²) in [4.78, 5) is 21.9. The fourth-order valence-electron chi connectivity index (χ4n) is 4.67. The number of hydrogen-bond acceptors (Lipinski definition) is 4. The highest BCUT2D eigenvalue weighted by Crippen LogP contribution is 2.26. The number of benzene rings is 1. The van der Waals surface area contributed by atoms with Crippen molar-refractivity contribution in [3.05, 3.63) is 60.2 Å². The molecule has 1 saturated carbocycles. The van der Waals surface area contributed by atoms with Crippen molar-refractivity contribution in [2.24, 2.45) is 5.92 Å². The zero-order valence-corrected chi connectivity index (χ0v) is 17.4. The third-order valence-corrected chi connectivity index (χ3v) is 6.22. The SMILES string of the molecule is O=C(COc1ccc(F)cc1)N1CCN(C2CCCC2)C[C@H](Cc2ccccn2)C1. The molecule has 0 unspecified atom stereocenters. The number of halogens is 1. The molecule has 1 aliphatic carbocycles. The molecule has 160 valence electrons. The van der Waals surface area contributed by atoms with Gasteiger partial charge in [-0.05, 0) is 61.6 Å². The highest BCUT2D eigenvalue weighted by atomic mass is 19.1. The first kappa shape index (κ1) is 20.8. The Morgan fingerprint density at radius 2 is 1.87 bits per heavy atom. The molecule has 1 atom stereocenters. The number of carbonyl (C=O) groups excluding carboxylic acids is 1. The number of rotatable bonds is 6. The van der Waals surface area contributed by atoms with Crippen LogP contribution < -0.4 is 4.74 Å². The Kier molecular flexibility index (Phi) is 6.95. The lowest BCUT2D eigenvalue weighted by Crippen LogP contribution is -2.40. The molecule has 1 aliphatic heterocycles. The molecule has 0 spiro atoms. The summed E-state index contributed by atoms with van der Waals surface area (Å²) in [6, 6.07) is 12.4. The van der Waals surface area contributed by atoms with Gasteiger partial charge >= 0.3 is 0 Å². The van der Waals surface area contributed by atoms with Gasteiger partial charge < -0.3 is 9.64 Å². The second-order valence-corrected chi connectivity index (χ2v) is 8.41. The van der Waals surface area contributed by atoms with Crippen LogP contribution in [0.4, 0.5) is 4.39 Å². The van der Waals surface area contributed by atoms with Gasteiger partial charge in [0, 0.05) is 44.1 Å². The maximum absolute atomic E-state index is 13.1. The molecule has 6 heteroatoms. The van der Waals surface area contributed by atoms with E-state index in [0.29, 0.717) is 24.3 Å². The number of ether oxygens (including phenoxy) is 1. The summed E-state index contributed by atoms with van der Waals surface area (Å²) in [7, 11) is 0. The lowest BCUT2D eigenvalue weighted by atomic mass is 10.0. The van der Waals surface area contributed by atoms with Crippen LogP contribution in [0.15, 0.2) is 48.7 Å². The number of carbonyl (C=O) groups is 1. The van der Waals surface area contributed by atoms with Crippen LogP contribution in [0, 0.1) is 11.7 Å². The van der Waals surface area contributed by atoms with Crippen LogP contribution in [0.2, 0.25) is 0 Å². The smallest absolute Gasteiger partial charge is 0.260 e. The van der Waals surface area contributed by atoms with Crippen molar-refractivity contribution < 1.29 is 13.9 Å². The normalized spacial score (nSPS) is 20.8. The fourth-order valence-corrected chi connectivity index (χ4v) is 4.67. The minimum atomic E-state index is -0.314. The summed E-state index contributed by atoms with van der Waals surface area (Å²) in [6.07, 6.45) is 7.84. The Morgan fingerprint density at radius 1 is 1.07 bits per heavy atom. The van der Waals surface area contributed by atoms with Crippen LogP contribution in [0.5, 0.6) is 5.75 Å². The van der Waals surface area contributed by atoms with Gasteiger partial charge in [0.25, 0.3) is 5.91 Å². The molecule has 0 N–H and O–H groups in total. The molecule has 2 fully saturated rings. The zero-order chi connectivity index (χ0) is 20.8. The summed E-state index contributed by atoms with van der Waals surface area (Å²) in [5.41, 5.74) is 1.07. The first-order valence-corrected chi connectivity index (χ1v) is 11.0. The van der Waals surface area contributed by atoms with Crippen molar-refractivity contribution in [3.63, 3.8) is 0 Å². The molecule has 1 aromatic heterocycles. The van der Waals surface area contributed by atoms with E-state index in [-0.39, 0.29) is 18.3 Å². The molecule has 1 amide bonds. The van der Waals surface area contributed by atoms with Crippen molar-refractivity contribution in [1.29, 1.82) is 0 Å². The molecule has 2 aromatic rings. The van der Waals surface area contributed by atoms with Crippen molar-refractivity contribution in [2.75, 3.05) is 32.8 Å². The van der Waals surface area contributed by atoms with E-state index < -0.39 is 0 Å². The Hall–Kier alpha value is -2.47. The molecule has 2 heterocycles. The topological polar surface area (TPSA) is 45.7 Å². The lowest BCUT2D eigenvalue weighted by molar-refractivity contribution is -0.133. The molecule has 4 rings (SSSR count). The molecule has 30 heavy (non-hydrogen) atoms. The Balaban J connectivity index is 1.41. The minimum Gasteiger partial charge on any atom is -0.484 e. The van der Waals surface area contributed by atoms with E-state index >= 15 is 0 Å². The first-order valence-electron chi connectivity index (χ1n) is 11.0. The van der Waals surface area contributed by atoms with Crippen LogP contribution in [0.1, 0.15) is 31.4 Å². The maximum atomic E-state index is 13.1. The zero-order valence-electron chi connectivity index (χ0n) is 17.4. The number of aromatic nitrogens is 1. The van der Waals surface area contributed by atoms with Gasteiger partial charge in [0.05, 0.1) is 0 Å². The third-order valence-electron chi connectivity index (χ3n) is 6.22. The highest BCUT2D eigenvalue weighted by Gasteiger charge is 2.31. The van der Waals surface area contributed by atoms with Gasteiger partial charge in [0.15, 0.2) is 6.61 Å². The second-order valence-electron chi connectivity index (χ2n) is 8.41. The van der Waals surface area contributed by atoms with Crippen molar-refractivity contribution in [3.8, 4) is 5.75 Å². The molecule has 1 aromatic carbocycles. The molecule has 0 bridgehead atoms. The molecular weight excluding hydrogens is 381 g/mol. The number of nitrogens with zero attached hydrogens (tertiary/aromatic N) is 3. The van der Waals surface area contributed by atoms with E-state index in [1.807, 2.05) is 23.2 Å².